The van der Waals surface area contributed by atoms with E-state index in [1.165, 1.54) is 218 Å². The molecule has 3 N–H and O–H groups in total. The fraction of sp³-hybridized carbons (Fsp3) is 0.852. The molecule has 0 aromatic heterocycles. The van der Waals surface area contributed by atoms with Crippen molar-refractivity contribution in [1.29, 1.82) is 0 Å². The van der Waals surface area contributed by atoms with Crippen LogP contribution in [0.2, 0.25) is 0 Å². The smallest absolute Gasteiger partial charge is 0.387 e. The molecule has 0 spiro atoms. The van der Waals surface area contributed by atoms with Crippen LogP contribution < -0.4 is 5.32 Å². The molecule has 70 heavy (non-hydrogen) atoms. The Balaban J connectivity index is 3.96. The third kappa shape index (κ3) is 54.2. The van der Waals surface area contributed by atoms with Gasteiger partial charge in [0.2, 0.25) is 5.91 Å². The molecule has 0 aromatic rings. The van der Waals surface area contributed by atoms with Crippen molar-refractivity contribution in [1.82, 2.24) is 5.32 Å². The Hall–Kier alpha value is -1.54. The van der Waals surface area contributed by atoms with Gasteiger partial charge < -0.3 is 19.8 Å². The van der Waals surface area contributed by atoms with Crippen molar-refractivity contribution < 1.29 is 32.9 Å². The van der Waals surface area contributed by atoms with Crippen molar-refractivity contribution in [2.24, 2.45) is 0 Å². The Morgan fingerprint density at radius 1 is 0.486 bits per heavy atom. The highest BCUT2D eigenvalue weighted by Gasteiger charge is 2.27. The predicted octanol–water partition coefficient (Wildman–Crippen LogP) is 18.3. The van der Waals surface area contributed by atoms with Crippen LogP contribution in [0.15, 0.2) is 48.6 Å². The summed E-state index contributed by atoms with van der Waals surface area (Å²) in [6.07, 6.45) is 69.6. The summed E-state index contributed by atoms with van der Waals surface area (Å²) in [4.78, 5) is 23.2. The fourth-order valence-corrected chi connectivity index (χ4v) is 9.53. The van der Waals surface area contributed by atoms with Crippen LogP contribution in [-0.2, 0) is 18.4 Å². The van der Waals surface area contributed by atoms with Gasteiger partial charge in [0.15, 0.2) is 0 Å². The molecule has 0 rings (SSSR count). The van der Waals surface area contributed by atoms with Gasteiger partial charge in [-0.3, -0.25) is 13.8 Å². The molecule has 0 bridgehead atoms. The molecule has 412 valence electrons. The lowest BCUT2D eigenvalue weighted by atomic mass is 10.0. The minimum Gasteiger partial charge on any atom is -0.387 e. The molecule has 3 unspecified atom stereocenters. The molecule has 0 aromatic carbocycles. The summed E-state index contributed by atoms with van der Waals surface area (Å²) in [6.45, 7) is 4.79. The maximum atomic E-state index is 13.0. The molecule has 0 saturated heterocycles. The van der Waals surface area contributed by atoms with E-state index in [2.05, 4.69) is 55.6 Å². The highest BCUT2D eigenvalue weighted by atomic mass is 31.2. The van der Waals surface area contributed by atoms with E-state index >= 15 is 0 Å². The normalized spacial score (nSPS) is 14.2. The minimum atomic E-state index is -4.35. The Bertz CT molecular complexity index is 1280. The van der Waals surface area contributed by atoms with E-state index in [0.717, 1.165) is 44.9 Å². The summed E-state index contributed by atoms with van der Waals surface area (Å²) in [5.74, 6) is -0.184. The van der Waals surface area contributed by atoms with Gasteiger partial charge >= 0.3 is 7.82 Å². The zero-order valence-corrected chi connectivity index (χ0v) is 47.9. The number of phosphoric ester groups is 1. The number of rotatable bonds is 55. The molecule has 9 heteroatoms. The van der Waals surface area contributed by atoms with Crippen molar-refractivity contribution >= 4 is 13.7 Å². The maximum absolute atomic E-state index is 13.0. The zero-order chi connectivity index (χ0) is 51.3. The van der Waals surface area contributed by atoms with E-state index in [1.54, 1.807) is 6.08 Å². The Morgan fingerprint density at radius 2 is 0.829 bits per heavy atom. The van der Waals surface area contributed by atoms with Crippen LogP contribution in [0.5, 0.6) is 0 Å². The number of nitrogens with zero attached hydrogens (tertiary/aromatic N) is 1. The van der Waals surface area contributed by atoms with Crippen molar-refractivity contribution in [3.05, 3.63) is 48.6 Å². The van der Waals surface area contributed by atoms with Gasteiger partial charge in [-0.25, -0.2) is 4.57 Å². The average Bonchev–Trinajstić information content (AvgIpc) is 3.32. The number of likely N-dealkylation sites (N-methyl/N-ethyl adjacent to an activating group) is 1. The van der Waals surface area contributed by atoms with E-state index in [-0.39, 0.29) is 19.1 Å². The molecule has 0 aliphatic carbocycles. The first kappa shape index (κ1) is 68.5. The van der Waals surface area contributed by atoms with Gasteiger partial charge in [-0.1, -0.05) is 262 Å². The SMILES string of the molecule is CCCCCCC/C=C\C/C=C\CCCCCCCCCCCCCCCCCCCCCCCCCC(=O)NC(COP(=O)(O)OCC[N+](C)(C)C)C(O)/C=C/CC/C=C/CCCCCCCCC. The van der Waals surface area contributed by atoms with Crippen LogP contribution in [-0.4, -0.2) is 73.4 Å². The third-order valence-corrected chi connectivity index (χ3v) is 14.5. The molecule has 0 heterocycles. The van der Waals surface area contributed by atoms with Gasteiger partial charge in [0, 0.05) is 6.42 Å². The lowest BCUT2D eigenvalue weighted by Crippen LogP contribution is -2.45. The average molecular weight is 1010 g/mol. The van der Waals surface area contributed by atoms with Crippen molar-refractivity contribution in [2.75, 3.05) is 40.9 Å². The molecular formula is C61H118N2O6P+. The first-order valence-electron chi connectivity index (χ1n) is 30.0. The number of hydrogen-bond acceptors (Lipinski definition) is 5. The minimum absolute atomic E-state index is 0.0570. The second kappa shape index (κ2) is 52.3. The van der Waals surface area contributed by atoms with Crippen LogP contribution in [0.1, 0.15) is 284 Å². The first-order valence-corrected chi connectivity index (χ1v) is 31.5. The second-order valence-corrected chi connectivity index (χ2v) is 23.2. The molecule has 0 saturated carbocycles. The molecule has 0 aliphatic heterocycles. The van der Waals surface area contributed by atoms with E-state index in [9.17, 15) is 19.4 Å². The first-order chi connectivity index (χ1) is 34.0. The summed E-state index contributed by atoms with van der Waals surface area (Å²) >= 11 is 0. The molecule has 0 aliphatic rings. The van der Waals surface area contributed by atoms with E-state index in [1.807, 2.05) is 27.2 Å². The fourth-order valence-electron chi connectivity index (χ4n) is 8.80. The van der Waals surface area contributed by atoms with Gasteiger partial charge in [-0.2, -0.15) is 0 Å². The monoisotopic (exact) mass is 1010 g/mol. The number of nitrogens with one attached hydrogen (secondary N) is 1. The molecular weight excluding hydrogens is 888 g/mol. The molecule has 8 nitrogen and oxygen atoms in total. The molecule has 0 radical (unpaired) electrons. The lowest BCUT2D eigenvalue weighted by Gasteiger charge is -2.25. The molecule has 1 amide bonds. The summed E-state index contributed by atoms with van der Waals surface area (Å²) < 4.78 is 23.6. The Kier molecular flexibility index (Phi) is 51.2. The number of hydrogen-bond donors (Lipinski definition) is 3. The van der Waals surface area contributed by atoms with E-state index in [0.29, 0.717) is 17.4 Å². The molecule has 3 atom stereocenters. The van der Waals surface area contributed by atoms with Gasteiger partial charge in [0.1, 0.15) is 13.2 Å². The Labute approximate surface area is 435 Å². The second-order valence-electron chi connectivity index (χ2n) is 21.7. The van der Waals surface area contributed by atoms with Crippen LogP contribution >= 0.6 is 7.82 Å². The van der Waals surface area contributed by atoms with Gasteiger partial charge in [0.05, 0.1) is 39.9 Å². The maximum Gasteiger partial charge on any atom is 0.472 e. The van der Waals surface area contributed by atoms with Gasteiger partial charge in [0.25, 0.3) is 0 Å². The number of carbonyl (C=O) groups is 1. The highest BCUT2D eigenvalue weighted by Crippen LogP contribution is 2.43. The van der Waals surface area contributed by atoms with Crippen molar-refractivity contribution in [2.45, 2.75) is 296 Å². The number of unbranched alkanes of at least 4 members (excludes halogenated alkanes) is 36. The highest BCUT2D eigenvalue weighted by molar-refractivity contribution is 7.47. The number of aliphatic hydroxyl groups excluding tert-OH is 1. The molecule has 0 fully saturated rings. The van der Waals surface area contributed by atoms with Crippen LogP contribution in [0.25, 0.3) is 0 Å². The summed E-state index contributed by atoms with van der Waals surface area (Å²) in [6, 6.07) is -0.861. The number of amides is 1. The zero-order valence-electron chi connectivity index (χ0n) is 47.0. The number of quaternary nitrogens is 1. The number of allylic oxidation sites excluding steroid dienone is 7. The number of aliphatic hydroxyl groups is 1. The summed E-state index contributed by atoms with van der Waals surface area (Å²) in [5.41, 5.74) is 0. The topological polar surface area (TPSA) is 105 Å². The van der Waals surface area contributed by atoms with Crippen LogP contribution in [0.4, 0.5) is 0 Å². The lowest BCUT2D eigenvalue weighted by molar-refractivity contribution is -0.870. The summed E-state index contributed by atoms with van der Waals surface area (Å²) in [5, 5.41) is 13.9. The van der Waals surface area contributed by atoms with Crippen molar-refractivity contribution in [3.8, 4) is 0 Å². The van der Waals surface area contributed by atoms with E-state index < -0.39 is 20.0 Å². The largest absolute Gasteiger partial charge is 0.472 e. The number of carbonyl (C=O) groups excluding carboxylic acids is 1. The van der Waals surface area contributed by atoms with Gasteiger partial charge in [-0.05, 0) is 64.2 Å². The van der Waals surface area contributed by atoms with Gasteiger partial charge in [-0.15, -0.1) is 0 Å². The number of phosphoric acid groups is 1. The predicted molar refractivity (Wildman–Crippen MR) is 304 cm³/mol. The standard InChI is InChI=1S/C61H117N2O6P/c1-6-8-10-12-14-16-18-20-21-22-23-24-25-26-27-28-29-30-31-32-33-34-35-36-37-38-39-40-41-43-45-47-49-51-53-55-61(65)62-59(58-69-70(66,67)68-57-56-63(3,4)5)60(64)54-52-50-48-46-44-42-19-17-15-13-11-9-7-2/h18,20,22-23,44,46,52,54,59-60,64H,6-17,19,21,24-43,45,47-51,53,55-58H2,1-5H3,(H-,62,65,66,67)/p+1/b20-18-,23-22-,46-44+,54-52+. The summed E-state index contributed by atoms with van der Waals surface area (Å²) in [7, 11) is 1.56. The van der Waals surface area contributed by atoms with Crippen molar-refractivity contribution in [3.63, 3.8) is 0 Å². The quantitative estimate of drug-likeness (QED) is 0.0243. The van der Waals surface area contributed by atoms with E-state index in [4.69, 9.17) is 9.05 Å². The van der Waals surface area contributed by atoms with Crippen LogP contribution in [0, 0.1) is 0 Å². The van der Waals surface area contributed by atoms with Crippen LogP contribution in [0.3, 0.4) is 0 Å². The Morgan fingerprint density at radius 3 is 1.23 bits per heavy atom. The third-order valence-electron chi connectivity index (χ3n) is 13.5.